The minimum absolute atomic E-state index is 0.00628. The second-order valence-corrected chi connectivity index (χ2v) is 15.0. The first-order chi connectivity index (χ1) is 29.9. The molecule has 4 heterocycles. The number of phenols is 4. The quantitative estimate of drug-likeness (QED) is 0.0458. The first kappa shape index (κ1) is 45.4. The molecule has 22 nitrogen and oxygen atoms in total. The zero-order valence-corrected chi connectivity index (χ0v) is 32.8. The van der Waals surface area contributed by atoms with Gasteiger partial charge in [0.15, 0.2) is 29.7 Å². The third kappa shape index (κ3) is 9.52. The van der Waals surface area contributed by atoms with E-state index in [9.17, 15) is 70.9 Å². The zero-order valence-electron chi connectivity index (χ0n) is 32.8. The van der Waals surface area contributed by atoms with Gasteiger partial charge in [0.25, 0.3) is 0 Å². The average molecular weight is 889 g/mol. The summed E-state index contributed by atoms with van der Waals surface area (Å²) >= 11 is 0. The number of hydrogen-bond donors (Lipinski definition) is 12. The van der Waals surface area contributed by atoms with E-state index in [0.29, 0.717) is 5.56 Å². The number of phenolic OH excluding ortho intramolecular Hbond substituents is 4. The van der Waals surface area contributed by atoms with Gasteiger partial charge in [0.2, 0.25) is 23.8 Å². The molecule has 3 aliphatic rings. The topological polar surface area (TPSA) is 355 Å². The molecule has 3 fully saturated rings. The van der Waals surface area contributed by atoms with Gasteiger partial charge in [0, 0.05) is 23.8 Å². The molecule has 0 aliphatic carbocycles. The Hall–Kier alpha value is -5.60. The molecule has 0 amide bonds. The number of esters is 1. The molecule has 14 atom stereocenters. The SMILES string of the molecule is C[C@@H]1O[C@@H](Oc2cc(O)c3c(=O)c(O[C@@H]4OC[C@@H](O)[C@H](O)[C@H]4O[C@@H]4O[C@H](COC(=O)/C=C/c5ccc(O)cc5)[C@@H](O)[C@H](O)[C@H]4O)c(-c4ccc(O)c(O)c4)oc3c2)[C@H](O)[C@H](O)[C@H]1O. The lowest BCUT2D eigenvalue weighted by molar-refractivity contribution is -0.348. The van der Waals surface area contributed by atoms with Crippen LogP contribution < -0.4 is 14.9 Å². The fourth-order valence-corrected chi connectivity index (χ4v) is 6.94. The van der Waals surface area contributed by atoms with E-state index in [1.165, 1.54) is 43.3 Å². The van der Waals surface area contributed by atoms with Gasteiger partial charge >= 0.3 is 5.97 Å². The van der Waals surface area contributed by atoms with Crippen molar-refractivity contribution in [1.29, 1.82) is 0 Å². The summed E-state index contributed by atoms with van der Waals surface area (Å²) in [6, 6.07) is 11.1. The van der Waals surface area contributed by atoms with Crippen LogP contribution in [0.4, 0.5) is 0 Å². The van der Waals surface area contributed by atoms with Crippen LogP contribution in [-0.2, 0) is 28.5 Å². The summed E-state index contributed by atoms with van der Waals surface area (Å²) in [6.07, 6.45) is -21.8. The molecule has 3 aromatic carbocycles. The maximum Gasteiger partial charge on any atom is 0.330 e. The van der Waals surface area contributed by atoms with Gasteiger partial charge in [-0.15, -0.1) is 0 Å². The van der Waals surface area contributed by atoms with Crippen molar-refractivity contribution in [3.63, 3.8) is 0 Å². The second kappa shape index (κ2) is 18.6. The van der Waals surface area contributed by atoms with Crippen molar-refractivity contribution in [2.75, 3.05) is 13.2 Å². The number of benzene rings is 3. The highest BCUT2D eigenvalue weighted by Crippen LogP contribution is 2.40. The van der Waals surface area contributed by atoms with Crippen molar-refractivity contribution in [2.45, 2.75) is 92.9 Å². The van der Waals surface area contributed by atoms with Crippen molar-refractivity contribution >= 4 is 23.0 Å². The lowest BCUT2D eigenvalue weighted by Crippen LogP contribution is -2.63. The van der Waals surface area contributed by atoms with Crippen molar-refractivity contribution in [3.05, 3.63) is 76.5 Å². The fraction of sp³-hybridized carbons (Fsp3) is 0.415. The third-order valence-electron chi connectivity index (χ3n) is 10.5. The Morgan fingerprint density at radius 2 is 1.43 bits per heavy atom. The van der Waals surface area contributed by atoms with E-state index >= 15 is 0 Å². The Labute approximate surface area is 354 Å². The van der Waals surface area contributed by atoms with Crippen LogP contribution in [0.5, 0.6) is 34.5 Å². The van der Waals surface area contributed by atoms with Gasteiger partial charge in [-0.05, 0) is 48.9 Å². The van der Waals surface area contributed by atoms with Crippen molar-refractivity contribution in [1.82, 2.24) is 0 Å². The lowest BCUT2D eigenvalue weighted by Gasteiger charge is -2.44. The smallest absolute Gasteiger partial charge is 0.330 e. The van der Waals surface area contributed by atoms with Crippen LogP contribution in [0.2, 0.25) is 0 Å². The number of hydrogen-bond acceptors (Lipinski definition) is 22. The molecule has 4 aromatic rings. The lowest BCUT2D eigenvalue weighted by atomic mass is 9.98. The summed E-state index contributed by atoms with van der Waals surface area (Å²) in [4.78, 5) is 26.8. The Bertz CT molecular complexity index is 2350. The van der Waals surface area contributed by atoms with Gasteiger partial charge < -0.3 is 98.9 Å². The van der Waals surface area contributed by atoms with Crippen LogP contribution >= 0.6 is 0 Å². The predicted octanol–water partition coefficient (Wildman–Crippen LogP) is -1.60. The number of fused-ring (bicyclic) bond motifs is 1. The average Bonchev–Trinajstić information content (AvgIpc) is 3.25. The minimum Gasteiger partial charge on any atom is -0.508 e. The number of carbonyl (C=O) groups is 1. The van der Waals surface area contributed by atoms with E-state index in [1.807, 2.05) is 0 Å². The monoisotopic (exact) mass is 888 g/mol. The van der Waals surface area contributed by atoms with E-state index in [0.717, 1.165) is 30.3 Å². The van der Waals surface area contributed by atoms with Crippen LogP contribution in [0.25, 0.3) is 28.4 Å². The second-order valence-electron chi connectivity index (χ2n) is 15.0. The normalized spacial score (nSPS) is 32.4. The van der Waals surface area contributed by atoms with Crippen molar-refractivity contribution in [2.24, 2.45) is 0 Å². The molecule has 340 valence electrons. The summed E-state index contributed by atoms with van der Waals surface area (Å²) < 4.78 is 45.4. The van der Waals surface area contributed by atoms with Gasteiger partial charge in [0.05, 0.1) is 12.7 Å². The van der Waals surface area contributed by atoms with Gasteiger partial charge in [-0.3, -0.25) is 4.79 Å². The van der Waals surface area contributed by atoms with Crippen LogP contribution in [-0.4, -0.2) is 166 Å². The maximum absolute atomic E-state index is 14.3. The van der Waals surface area contributed by atoms with Crippen LogP contribution in [0.3, 0.4) is 0 Å². The zero-order chi connectivity index (χ0) is 45.4. The van der Waals surface area contributed by atoms with E-state index in [-0.39, 0.29) is 22.6 Å². The highest BCUT2D eigenvalue weighted by Gasteiger charge is 2.50. The van der Waals surface area contributed by atoms with Crippen LogP contribution in [0.15, 0.2) is 69.9 Å². The molecular weight excluding hydrogens is 844 g/mol. The number of carbonyl (C=O) groups excluding carboxylic acids is 1. The molecule has 0 radical (unpaired) electrons. The molecule has 22 heteroatoms. The van der Waals surface area contributed by atoms with E-state index in [1.54, 1.807) is 0 Å². The largest absolute Gasteiger partial charge is 0.508 e. The third-order valence-corrected chi connectivity index (χ3v) is 10.5. The van der Waals surface area contributed by atoms with Crippen LogP contribution in [0, 0.1) is 0 Å². The molecule has 7 rings (SSSR count). The molecule has 3 saturated heterocycles. The van der Waals surface area contributed by atoms with Gasteiger partial charge in [-0.2, -0.15) is 0 Å². The molecule has 0 saturated carbocycles. The first-order valence-electron chi connectivity index (χ1n) is 19.3. The number of aliphatic hydroxyl groups is 8. The van der Waals surface area contributed by atoms with Crippen molar-refractivity contribution < 1.29 is 104 Å². The summed E-state index contributed by atoms with van der Waals surface area (Å²) in [7, 11) is 0. The van der Waals surface area contributed by atoms with Gasteiger partial charge in [-0.25, -0.2) is 4.79 Å². The highest BCUT2D eigenvalue weighted by molar-refractivity contribution is 5.89. The minimum atomic E-state index is -2.04. The Morgan fingerprint density at radius 1 is 0.730 bits per heavy atom. The number of ether oxygens (including phenoxy) is 7. The molecular formula is C41H44O22. The van der Waals surface area contributed by atoms with Crippen molar-refractivity contribution in [3.8, 4) is 45.8 Å². The highest BCUT2D eigenvalue weighted by atomic mass is 16.8. The molecule has 63 heavy (non-hydrogen) atoms. The number of aliphatic hydroxyl groups excluding tert-OH is 8. The maximum atomic E-state index is 14.3. The fourth-order valence-electron chi connectivity index (χ4n) is 6.94. The Balaban J connectivity index is 1.17. The van der Waals surface area contributed by atoms with Crippen LogP contribution in [0.1, 0.15) is 12.5 Å². The number of rotatable bonds is 11. The van der Waals surface area contributed by atoms with E-state index in [4.69, 9.17) is 37.6 Å². The standard InChI is InChI=1S/C41H44O22/c1-15-28(48)32(52)34(54)39(58-15)59-19-11-22(45)27-24(12-19)60-36(17-5-8-20(43)21(44)10-17)37(31(27)51)62-41-38(29(49)23(46)13-57-41)63-40-35(55)33(53)30(50)25(61-40)14-56-26(47)9-4-16-2-6-18(42)7-3-16/h2-12,15,23,25,28-30,32-35,38-46,48-50,52-55H,13-14H2,1H3/b9-4+/t15-,23+,25+,28-,29-,30+,32+,33-,34+,35+,38+,39-,40-,41-/m0/s1. The molecule has 3 aliphatic heterocycles. The summed E-state index contributed by atoms with van der Waals surface area (Å²) in [5.41, 5.74) is -1.07. The molecule has 1 aromatic heterocycles. The van der Waals surface area contributed by atoms with E-state index in [2.05, 4.69) is 0 Å². The first-order valence-corrected chi connectivity index (χ1v) is 19.3. The molecule has 0 bridgehead atoms. The number of aromatic hydroxyl groups is 4. The summed E-state index contributed by atoms with van der Waals surface area (Å²) in [5, 5.41) is 125. The molecule has 0 unspecified atom stereocenters. The summed E-state index contributed by atoms with van der Waals surface area (Å²) in [6.45, 7) is 0.0954. The molecule has 12 N–H and O–H groups in total. The Kier molecular flexibility index (Phi) is 13.4. The van der Waals surface area contributed by atoms with E-state index < -0.39 is 145 Å². The predicted molar refractivity (Wildman–Crippen MR) is 208 cm³/mol. The van der Waals surface area contributed by atoms with Gasteiger partial charge in [-0.1, -0.05) is 12.1 Å². The van der Waals surface area contributed by atoms with Gasteiger partial charge in [0.1, 0.15) is 89.8 Å². The summed E-state index contributed by atoms with van der Waals surface area (Å²) in [5.74, 6) is -4.42. The Morgan fingerprint density at radius 3 is 2.14 bits per heavy atom. The molecule has 0 spiro atoms.